The summed E-state index contributed by atoms with van der Waals surface area (Å²) in [6.07, 6.45) is 6.89. The standard InChI is InChI=1S/C15H26ClN3/c1-4-12-7-6-8-15(17,9-12)10-13-14(16)11(3)18-19(13)5-2/h12H,4-10,17H2,1-3H3. The molecule has 1 aromatic rings. The molecule has 0 radical (unpaired) electrons. The van der Waals surface area contributed by atoms with Crippen LogP contribution in [0.5, 0.6) is 0 Å². The Bertz CT molecular complexity index is 441. The normalized spacial score (nSPS) is 27.7. The molecule has 0 amide bonds. The van der Waals surface area contributed by atoms with E-state index in [1.54, 1.807) is 0 Å². The minimum absolute atomic E-state index is 0.0953. The van der Waals surface area contributed by atoms with Gasteiger partial charge < -0.3 is 5.73 Å². The van der Waals surface area contributed by atoms with Gasteiger partial charge in [-0.1, -0.05) is 37.8 Å². The third kappa shape index (κ3) is 3.14. The third-order valence-corrected chi connectivity index (χ3v) is 5.02. The van der Waals surface area contributed by atoms with Gasteiger partial charge in [-0.05, 0) is 32.6 Å². The number of rotatable bonds is 4. The summed E-state index contributed by atoms with van der Waals surface area (Å²) in [7, 11) is 0. The summed E-state index contributed by atoms with van der Waals surface area (Å²) < 4.78 is 2.02. The van der Waals surface area contributed by atoms with Gasteiger partial charge >= 0.3 is 0 Å². The highest BCUT2D eigenvalue weighted by Crippen LogP contribution is 2.36. The summed E-state index contributed by atoms with van der Waals surface area (Å²) in [5.74, 6) is 0.775. The minimum atomic E-state index is -0.0953. The van der Waals surface area contributed by atoms with Crippen LogP contribution in [0.15, 0.2) is 0 Å². The molecule has 2 rings (SSSR count). The lowest BCUT2D eigenvalue weighted by Crippen LogP contribution is -2.46. The van der Waals surface area contributed by atoms with Crippen LogP contribution in [0.2, 0.25) is 5.02 Å². The largest absolute Gasteiger partial charge is 0.325 e. The maximum atomic E-state index is 6.66. The van der Waals surface area contributed by atoms with Crippen molar-refractivity contribution in [2.45, 2.75) is 71.4 Å². The van der Waals surface area contributed by atoms with E-state index in [9.17, 15) is 0 Å². The molecule has 4 heteroatoms. The van der Waals surface area contributed by atoms with Crippen molar-refractivity contribution in [2.24, 2.45) is 11.7 Å². The molecular formula is C15H26ClN3. The van der Waals surface area contributed by atoms with Crippen LogP contribution >= 0.6 is 11.6 Å². The van der Waals surface area contributed by atoms with Gasteiger partial charge in [0.15, 0.2) is 0 Å². The molecule has 2 unspecified atom stereocenters. The fraction of sp³-hybridized carbons (Fsp3) is 0.800. The number of nitrogens with zero attached hydrogens (tertiary/aromatic N) is 2. The van der Waals surface area contributed by atoms with Gasteiger partial charge in [-0.15, -0.1) is 0 Å². The molecule has 1 saturated carbocycles. The highest BCUT2D eigenvalue weighted by atomic mass is 35.5. The van der Waals surface area contributed by atoms with E-state index in [-0.39, 0.29) is 5.54 Å². The summed E-state index contributed by atoms with van der Waals surface area (Å²) in [4.78, 5) is 0. The first kappa shape index (κ1) is 14.9. The SMILES string of the molecule is CCC1CCCC(N)(Cc2c(Cl)c(C)nn2CC)C1. The van der Waals surface area contributed by atoms with Crippen LogP contribution in [0, 0.1) is 12.8 Å². The van der Waals surface area contributed by atoms with Crippen LogP contribution in [0.4, 0.5) is 0 Å². The Balaban J connectivity index is 2.20. The lowest BCUT2D eigenvalue weighted by Gasteiger charge is -2.38. The number of hydrogen-bond donors (Lipinski definition) is 1. The van der Waals surface area contributed by atoms with E-state index in [0.717, 1.165) is 48.1 Å². The molecule has 1 aliphatic carbocycles. The maximum Gasteiger partial charge on any atom is 0.0847 e. The van der Waals surface area contributed by atoms with Crippen molar-refractivity contribution in [3.63, 3.8) is 0 Å². The Morgan fingerprint density at radius 3 is 2.84 bits per heavy atom. The smallest absolute Gasteiger partial charge is 0.0847 e. The van der Waals surface area contributed by atoms with Gasteiger partial charge in [-0.2, -0.15) is 5.10 Å². The summed E-state index contributed by atoms with van der Waals surface area (Å²) >= 11 is 6.41. The first-order valence-corrected chi connectivity index (χ1v) is 7.87. The highest BCUT2D eigenvalue weighted by molar-refractivity contribution is 6.31. The van der Waals surface area contributed by atoms with E-state index in [1.165, 1.54) is 19.3 Å². The molecule has 1 aliphatic rings. The quantitative estimate of drug-likeness (QED) is 0.915. The molecule has 0 spiro atoms. The average Bonchev–Trinajstić information content (AvgIpc) is 2.66. The van der Waals surface area contributed by atoms with E-state index in [0.29, 0.717) is 0 Å². The molecule has 108 valence electrons. The van der Waals surface area contributed by atoms with E-state index in [2.05, 4.69) is 18.9 Å². The topological polar surface area (TPSA) is 43.8 Å². The lowest BCUT2D eigenvalue weighted by molar-refractivity contribution is 0.215. The number of halogens is 1. The fourth-order valence-corrected chi connectivity index (χ4v) is 3.60. The minimum Gasteiger partial charge on any atom is -0.325 e. The molecule has 3 nitrogen and oxygen atoms in total. The van der Waals surface area contributed by atoms with Crippen LogP contribution in [0.25, 0.3) is 0 Å². The molecule has 1 heterocycles. The zero-order valence-corrected chi connectivity index (χ0v) is 13.1. The van der Waals surface area contributed by atoms with Crippen molar-refractivity contribution in [1.82, 2.24) is 9.78 Å². The zero-order valence-electron chi connectivity index (χ0n) is 12.4. The highest BCUT2D eigenvalue weighted by Gasteiger charge is 2.34. The second-order valence-electron chi connectivity index (χ2n) is 6.07. The number of nitrogens with two attached hydrogens (primary N) is 1. The fourth-order valence-electron chi connectivity index (χ4n) is 3.40. The third-order valence-electron chi connectivity index (χ3n) is 4.53. The number of hydrogen-bond acceptors (Lipinski definition) is 2. The average molecular weight is 284 g/mol. The Morgan fingerprint density at radius 1 is 1.47 bits per heavy atom. The van der Waals surface area contributed by atoms with Crippen LogP contribution in [-0.2, 0) is 13.0 Å². The summed E-state index contributed by atoms with van der Waals surface area (Å²) in [5, 5.41) is 5.30. The van der Waals surface area contributed by atoms with Crippen LogP contribution in [0.3, 0.4) is 0 Å². The zero-order chi connectivity index (χ0) is 14.0. The predicted molar refractivity (Wildman–Crippen MR) is 80.5 cm³/mol. The number of aryl methyl sites for hydroxylation is 2. The van der Waals surface area contributed by atoms with Gasteiger partial charge in [0.05, 0.1) is 16.4 Å². The first-order chi connectivity index (χ1) is 8.99. The molecule has 0 aromatic carbocycles. The molecule has 1 fully saturated rings. The Labute approximate surface area is 121 Å². The van der Waals surface area contributed by atoms with Gasteiger partial charge in [-0.25, -0.2) is 0 Å². The van der Waals surface area contributed by atoms with Gasteiger partial charge in [0.2, 0.25) is 0 Å². The van der Waals surface area contributed by atoms with E-state index in [1.807, 2.05) is 11.6 Å². The Hall–Kier alpha value is -0.540. The van der Waals surface area contributed by atoms with Gasteiger partial charge in [0.1, 0.15) is 0 Å². The van der Waals surface area contributed by atoms with Crippen molar-refractivity contribution in [1.29, 1.82) is 0 Å². The second kappa shape index (κ2) is 5.84. The van der Waals surface area contributed by atoms with Gasteiger partial charge in [-0.3, -0.25) is 4.68 Å². The lowest BCUT2D eigenvalue weighted by atomic mass is 9.73. The monoisotopic (exact) mass is 283 g/mol. The van der Waals surface area contributed by atoms with Crippen molar-refractivity contribution < 1.29 is 0 Å². The molecule has 2 N–H and O–H groups in total. The Kier molecular flexibility index (Phi) is 4.57. The molecule has 1 aromatic heterocycles. The number of aromatic nitrogens is 2. The Morgan fingerprint density at radius 2 is 2.21 bits per heavy atom. The van der Waals surface area contributed by atoms with Crippen LogP contribution < -0.4 is 5.73 Å². The van der Waals surface area contributed by atoms with Crippen molar-refractivity contribution in [3.05, 3.63) is 16.4 Å². The van der Waals surface area contributed by atoms with Crippen molar-refractivity contribution in [2.75, 3.05) is 0 Å². The van der Waals surface area contributed by atoms with E-state index in [4.69, 9.17) is 17.3 Å². The summed E-state index contributed by atoms with van der Waals surface area (Å²) in [6.45, 7) is 7.20. The molecular weight excluding hydrogens is 258 g/mol. The molecule has 2 atom stereocenters. The van der Waals surface area contributed by atoms with Gasteiger partial charge in [0, 0.05) is 18.5 Å². The van der Waals surface area contributed by atoms with Crippen LogP contribution in [0.1, 0.15) is 57.3 Å². The molecule has 19 heavy (non-hydrogen) atoms. The molecule has 0 saturated heterocycles. The van der Waals surface area contributed by atoms with Crippen molar-refractivity contribution in [3.8, 4) is 0 Å². The van der Waals surface area contributed by atoms with Crippen molar-refractivity contribution >= 4 is 11.6 Å². The summed E-state index contributed by atoms with van der Waals surface area (Å²) in [6, 6.07) is 0. The first-order valence-electron chi connectivity index (χ1n) is 7.49. The van der Waals surface area contributed by atoms with E-state index >= 15 is 0 Å². The molecule has 0 bridgehead atoms. The predicted octanol–water partition coefficient (Wildman–Crippen LogP) is 3.71. The molecule has 0 aliphatic heterocycles. The second-order valence-corrected chi connectivity index (χ2v) is 6.45. The summed E-state index contributed by atoms with van der Waals surface area (Å²) in [5.41, 5.74) is 8.61. The van der Waals surface area contributed by atoms with Crippen LogP contribution in [-0.4, -0.2) is 15.3 Å². The van der Waals surface area contributed by atoms with Gasteiger partial charge in [0.25, 0.3) is 0 Å². The van der Waals surface area contributed by atoms with E-state index < -0.39 is 0 Å². The maximum absolute atomic E-state index is 6.66.